The molecule has 0 aromatic heterocycles. The molecule has 2 aromatic rings. The fourth-order valence-electron chi connectivity index (χ4n) is 3.49. The summed E-state index contributed by atoms with van der Waals surface area (Å²) in [6.07, 6.45) is 0. The number of aliphatic carboxylic acids is 1. The van der Waals surface area contributed by atoms with E-state index in [4.69, 9.17) is 9.57 Å². The van der Waals surface area contributed by atoms with Crippen LogP contribution in [-0.2, 0) is 30.6 Å². The fourth-order valence-corrected chi connectivity index (χ4v) is 4.84. The van der Waals surface area contributed by atoms with E-state index in [9.17, 15) is 24.3 Å². The van der Waals surface area contributed by atoms with Gasteiger partial charge >= 0.3 is 5.97 Å². The lowest BCUT2D eigenvalue weighted by Gasteiger charge is -2.49. The van der Waals surface area contributed by atoms with Gasteiger partial charge in [0.15, 0.2) is 6.61 Å². The van der Waals surface area contributed by atoms with Crippen LogP contribution in [0.2, 0.25) is 0 Å². The molecule has 11 heteroatoms. The predicted molar refractivity (Wildman–Crippen MR) is 121 cm³/mol. The van der Waals surface area contributed by atoms with Gasteiger partial charge < -0.3 is 15.2 Å². The van der Waals surface area contributed by atoms with Crippen molar-refractivity contribution in [3.05, 3.63) is 77.5 Å². The van der Waals surface area contributed by atoms with E-state index in [1.807, 2.05) is 36.4 Å². The molecule has 0 bridgehead atoms. The molecule has 2 aliphatic rings. The summed E-state index contributed by atoms with van der Waals surface area (Å²) >= 11 is 1.18. The number of rotatable bonds is 9. The molecule has 1 saturated heterocycles. The number of β-lactam (4-membered cyclic amide) rings is 1. The molecule has 34 heavy (non-hydrogen) atoms. The first kappa shape index (κ1) is 23.3. The van der Waals surface area contributed by atoms with Gasteiger partial charge in [-0.25, -0.2) is 10.3 Å². The highest BCUT2D eigenvalue weighted by Gasteiger charge is 2.55. The first-order valence-corrected chi connectivity index (χ1v) is 11.3. The molecule has 2 atom stereocenters. The number of carboxylic acid groups (broad SMARTS) is 1. The number of hydrogen-bond acceptors (Lipinski definition) is 7. The molecule has 3 amide bonds. The van der Waals surface area contributed by atoms with Gasteiger partial charge in [-0.1, -0.05) is 48.5 Å². The zero-order valence-electron chi connectivity index (χ0n) is 17.8. The van der Waals surface area contributed by atoms with E-state index < -0.39 is 40.8 Å². The van der Waals surface area contributed by atoms with Gasteiger partial charge in [-0.15, -0.1) is 11.8 Å². The molecule has 0 spiro atoms. The second kappa shape index (κ2) is 10.4. The van der Waals surface area contributed by atoms with Gasteiger partial charge in [0.05, 0.1) is 12.2 Å². The number of amides is 3. The van der Waals surface area contributed by atoms with Gasteiger partial charge in [-0.05, 0) is 17.7 Å². The van der Waals surface area contributed by atoms with Crippen LogP contribution in [0.3, 0.4) is 0 Å². The number of carbonyl (C=O) groups is 4. The van der Waals surface area contributed by atoms with Crippen molar-refractivity contribution >= 4 is 35.5 Å². The third kappa shape index (κ3) is 5.05. The van der Waals surface area contributed by atoms with Crippen molar-refractivity contribution in [3.8, 4) is 5.75 Å². The van der Waals surface area contributed by atoms with Crippen LogP contribution >= 0.6 is 11.8 Å². The normalized spacial score (nSPS) is 19.1. The van der Waals surface area contributed by atoms with E-state index in [0.717, 1.165) is 10.5 Å². The van der Waals surface area contributed by atoms with Crippen molar-refractivity contribution in [3.63, 3.8) is 0 Å². The predicted octanol–water partition coefficient (Wildman–Crippen LogP) is 1.05. The summed E-state index contributed by atoms with van der Waals surface area (Å²) in [5.74, 6) is -2.74. The summed E-state index contributed by atoms with van der Waals surface area (Å²) in [5.41, 5.74) is 2.55. The highest BCUT2D eigenvalue weighted by Crippen LogP contribution is 2.40. The van der Waals surface area contributed by atoms with Crippen LogP contribution in [0, 0.1) is 0 Å². The van der Waals surface area contributed by atoms with Gasteiger partial charge in [0, 0.05) is 5.75 Å². The van der Waals surface area contributed by atoms with E-state index in [0.29, 0.717) is 5.75 Å². The summed E-state index contributed by atoms with van der Waals surface area (Å²) in [5, 5.41) is 11.6. The molecular formula is C23H21N3O7S. The number of hydroxylamine groups is 1. The Morgan fingerprint density at radius 2 is 1.74 bits per heavy atom. The van der Waals surface area contributed by atoms with Crippen LogP contribution in [0.25, 0.3) is 0 Å². The summed E-state index contributed by atoms with van der Waals surface area (Å²) < 4.78 is 5.37. The Bertz CT molecular complexity index is 1120. The molecule has 1 fully saturated rings. The minimum Gasteiger partial charge on any atom is -0.484 e. The first-order chi connectivity index (χ1) is 16.5. The van der Waals surface area contributed by atoms with Crippen molar-refractivity contribution in [2.24, 2.45) is 0 Å². The second-order valence-corrected chi connectivity index (χ2v) is 8.50. The number of nitrogens with one attached hydrogen (secondary N) is 2. The van der Waals surface area contributed by atoms with Gasteiger partial charge in [-0.2, -0.15) is 0 Å². The Hall–Kier alpha value is -3.83. The molecule has 3 N–H and O–H groups in total. The second-order valence-electron chi connectivity index (χ2n) is 7.39. The van der Waals surface area contributed by atoms with Crippen molar-refractivity contribution in [1.82, 2.24) is 15.7 Å². The van der Waals surface area contributed by atoms with E-state index in [1.54, 1.807) is 24.3 Å². The lowest BCUT2D eigenvalue weighted by Crippen LogP contribution is -2.71. The van der Waals surface area contributed by atoms with Crippen LogP contribution in [0.15, 0.2) is 71.9 Å². The van der Waals surface area contributed by atoms with Crippen LogP contribution in [0.1, 0.15) is 5.56 Å². The summed E-state index contributed by atoms with van der Waals surface area (Å²) in [7, 11) is 0. The van der Waals surface area contributed by atoms with Crippen LogP contribution in [-0.4, -0.2) is 57.5 Å². The zero-order chi connectivity index (χ0) is 24.1. The van der Waals surface area contributed by atoms with Gasteiger partial charge in [0.1, 0.15) is 22.9 Å². The van der Waals surface area contributed by atoms with Crippen molar-refractivity contribution in [1.29, 1.82) is 0 Å². The van der Waals surface area contributed by atoms with Crippen LogP contribution in [0.5, 0.6) is 5.75 Å². The quantitative estimate of drug-likeness (QED) is 0.356. The Morgan fingerprint density at radius 3 is 2.41 bits per heavy atom. The number of thioether (sulfide) groups is 1. The van der Waals surface area contributed by atoms with E-state index in [1.165, 1.54) is 11.8 Å². The topological polar surface area (TPSA) is 134 Å². The molecule has 4 rings (SSSR count). The first-order valence-electron chi connectivity index (χ1n) is 10.3. The van der Waals surface area contributed by atoms with Gasteiger partial charge in [0.2, 0.25) is 0 Å². The maximum absolute atomic E-state index is 12.7. The Kier molecular flexibility index (Phi) is 7.14. The average molecular weight is 484 g/mol. The largest absolute Gasteiger partial charge is 0.484 e. The average Bonchev–Trinajstić information content (AvgIpc) is 2.86. The molecule has 0 saturated carbocycles. The SMILES string of the molecule is O=C(COc1ccccc1)NC1C(=O)N2C(C(=O)O)=C(C(=O)NOCc3ccccc3)CS[C@@H]12. The molecule has 0 radical (unpaired) electrons. The molecule has 10 nitrogen and oxygen atoms in total. The molecule has 2 heterocycles. The summed E-state index contributed by atoms with van der Waals surface area (Å²) in [6.45, 7) is -0.195. The molecule has 1 unspecified atom stereocenters. The third-order valence-electron chi connectivity index (χ3n) is 5.12. The van der Waals surface area contributed by atoms with E-state index in [-0.39, 0.29) is 24.5 Å². The summed E-state index contributed by atoms with van der Waals surface area (Å²) in [6, 6.07) is 16.9. The fraction of sp³-hybridized carbons (Fsp3) is 0.217. The number of benzene rings is 2. The lowest BCUT2D eigenvalue weighted by molar-refractivity contribution is -0.151. The number of para-hydroxylation sites is 1. The maximum atomic E-state index is 12.7. The Labute approximate surface area is 198 Å². The number of nitrogens with zero attached hydrogens (tertiary/aromatic N) is 1. The molecule has 0 aliphatic carbocycles. The number of hydrogen-bond donors (Lipinski definition) is 3. The maximum Gasteiger partial charge on any atom is 0.353 e. The Morgan fingerprint density at radius 1 is 1.06 bits per heavy atom. The molecule has 176 valence electrons. The number of carboxylic acids is 1. The van der Waals surface area contributed by atoms with Crippen LogP contribution < -0.4 is 15.5 Å². The molecular weight excluding hydrogens is 462 g/mol. The third-order valence-corrected chi connectivity index (χ3v) is 6.40. The number of fused-ring (bicyclic) bond motifs is 1. The van der Waals surface area contributed by atoms with Gasteiger partial charge in [0.25, 0.3) is 17.7 Å². The van der Waals surface area contributed by atoms with Gasteiger partial charge in [-0.3, -0.25) is 24.1 Å². The van der Waals surface area contributed by atoms with E-state index in [2.05, 4.69) is 10.8 Å². The smallest absolute Gasteiger partial charge is 0.353 e. The highest BCUT2D eigenvalue weighted by atomic mass is 32.2. The zero-order valence-corrected chi connectivity index (χ0v) is 18.6. The van der Waals surface area contributed by atoms with Crippen molar-refractivity contribution in [2.45, 2.75) is 18.0 Å². The standard InChI is InChI=1S/C23H21N3O7S/c27-17(12-32-15-9-5-2-6-10-15)24-18-21(29)26-19(23(30)31)16(13-34-22(18)26)20(28)25-33-11-14-7-3-1-4-8-14/h1-10,18,22H,11-13H2,(H,24,27)(H,25,28)(H,30,31)/t18?,22-/m0/s1. The van der Waals surface area contributed by atoms with E-state index >= 15 is 0 Å². The summed E-state index contributed by atoms with van der Waals surface area (Å²) in [4.78, 5) is 55.6. The molecule has 2 aliphatic heterocycles. The lowest BCUT2D eigenvalue weighted by atomic mass is 10.0. The number of ether oxygens (including phenoxy) is 1. The monoisotopic (exact) mass is 483 g/mol. The molecule has 2 aromatic carbocycles. The highest BCUT2D eigenvalue weighted by molar-refractivity contribution is 8.00. The Balaban J connectivity index is 1.36. The van der Waals surface area contributed by atoms with Crippen molar-refractivity contribution in [2.75, 3.05) is 12.4 Å². The minimum atomic E-state index is -1.41. The van der Waals surface area contributed by atoms with Crippen LogP contribution in [0.4, 0.5) is 0 Å². The number of carbonyl (C=O) groups excluding carboxylic acids is 3. The minimum absolute atomic E-state index is 0.0312. The van der Waals surface area contributed by atoms with Crippen molar-refractivity contribution < 1.29 is 33.9 Å².